The molecule has 6 heteroatoms. The number of hydrogen-bond donors (Lipinski definition) is 0. The van der Waals surface area contributed by atoms with Crippen molar-refractivity contribution < 1.29 is 27.8 Å². The SMILES string of the molecule is CCOC(=O)CCc1cc(F)c(OCc2cccc(Oc3ccc(C)cc3)c2)c(F)c1. The van der Waals surface area contributed by atoms with Crippen molar-refractivity contribution in [2.24, 2.45) is 0 Å². The zero-order valence-electron chi connectivity index (χ0n) is 17.5. The first-order chi connectivity index (χ1) is 14.9. The quantitative estimate of drug-likeness (QED) is 0.386. The molecule has 0 saturated carbocycles. The van der Waals surface area contributed by atoms with Gasteiger partial charge in [0.2, 0.25) is 0 Å². The summed E-state index contributed by atoms with van der Waals surface area (Å²) in [4.78, 5) is 11.4. The lowest BCUT2D eigenvalue weighted by Gasteiger charge is -2.12. The van der Waals surface area contributed by atoms with Gasteiger partial charge in [-0.25, -0.2) is 8.78 Å². The van der Waals surface area contributed by atoms with Crippen LogP contribution in [-0.2, 0) is 22.6 Å². The Morgan fingerprint density at radius 1 is 0.903 bits per heavy atom. The second-order valence-electron chi connectivity index (χ2n) is 7.04. The second-order valence-corrected chi connectivity index (χ2v) is 7.04. The maximum absolute atomic E-state index is 14.4. The third-order valence-electron chi connectivity index (χ3n) is 4.52. The summed E-state index contributed by atoms with van der Waals surface area (Å²) in [6, 6.07) is 17.1. The maximum Gasteiger partial charge on any atom is 0.306 e. The van der Waals surface area contributed by atoms with E-state index in [0.717, 1.165) is 5.56 Å². The van der Waals surface area contributed by atoms with E-state index in [0.29, 0.717) is 22.6 Å². The molecule has 3 aromatic carbocycles. The molecule has 4 nitrogen and oxygen atoms in total. The molecule has 0 bridgehead atoms. The number of esters is 1. The average molecular weight is 426 g/mol. The van der Waals surface area contributed by atoms with Gasteiger partial charge in [-0.2, -0.15) is 0 Å². The zero-order valence-corrected chi connectivity index (χ0v) is 17.5. The van der Waals surface area contributed by atoms with Gasteiger partial charge in [0, 0.05) is 6.42 Å². The van der Waals surface area contributed by atoms with Crippen LogP contribution in [0.5, 0.6) is 17.2 Å². The molecule has 31 heavy (non-hydrogen) atoms. The van der Waals surface area contributed by atoms with Crippen LogP contribution in [0.2, 0.25) is 0 Å². The minimum Gasteiger partial charge on any atom is -0.483 e. The van der Waals surface area contributed by atoms with Gasteiger partial charge >= 0.3 is 5.97 Å². The molecule has 0 saturated heterocycles. The Morgan fingerprint density at radius 3 is 2.29 bits per heavy atom. The Morgan fingerprint density at radius 2 is 1.61 bits per heavy atom. The van der Waals surface area contributed by atoms with Crippen molar-refractivity contribution in [3.8, 4) is 17.2 Å². The predicted molar refractivity (Wildman–Crippen MR) is 113 cm³/mol. The molecule has 0 aliphatic heterocycles. The first-order valence-corrected chi connectivity index (χ1v) is 10.0. The van der Waals surface area contributed by atoms with Gasteiger partial charge in [0.1, 0.15) is 18.1 Å². The van der Waals surface area contributed by atoms with Crippen LogP contribution in [0, 0.1) is 18.6 Å². The predicted octanol–water partition coefficient (Wildman–Crippen LogP) is 6.14. The molecule has 3 rings (SSSR count). The lowest BCUT2D eigenvalue weighted by atomic mass is 10.1. The van der Waals surface area contributed by atoms with Gasteiger partial charge in [-0.1, -0.05) is 29.8 Å². The fourth-order valence-electron chi connectivity index (χ4n) is 2.97. The average Bonchev–Trinajstić information content (AvgIpc) is 2.74. The number of hydrogen-bond acceptors (Lipinski definition) is 4. The van der Waals surface area contributed by atoms with E-state index in [1.807, 2.05) is 31.2 Å². The molecule has 0 aromatic heterocycles. The number of rotatable bonds is 9. The van der Waals surface area contributed by atoms with Crippen molar-refractivity contribution in [1.29, 1.82) is 0 Å². The number of halogens is 2. The van der Waals surface area contributed by atoms with Crippen LogP contribution in [0.3, 0.4) is 0 Å². The summed E-state index contributed by atoms with van der Waals surface area (Å²) in [5, 5.41) is 0. The molecule has 162 valence electrons. The van der Waals surface area contributed by atoms with Gasteiger partial charge < -0.3 is 14.2 Å². The fourth-order valence-corrected chi connectivity index (χ4v) is 2.97. The summed E-state index contributed by atoms with van der Waals surface area (Å²) >= 11 is 0. The van der Waals surface area contributed by atoms with Crippen molar-refractivity contribution in [3.63, 3.8) is 0 Å². The first-order valence-electron chi connectivity index (χ1n) is 10.0. The number of benzene rings is 3. The van der Waals surface area contributed by atoms with Gasteiger partial charge in [-0.15, -0.1) is 0 Å². The highest BCUT2D eigenvalue weighted by molar-refractivity contribution is 5.69. The molecule has 0 fully saturated rings. The first kappa shape index (κ1) is 22.3. The standard InChI is InChI=1S/C25H24F2O4/c1-3-29-24(28)12-9-18-14-22(26)25(23(27)15-18)30-16-19-5-4-6-21(13-19)31-20-10-7-17(2)8-11-20/h4-8,10-11,13-15H,3,9,12,16H2,1-2H3. The molecule has 3 aromatic rings. The Hall–Kier alpha value is -3.41. The summed E-state index contributed by atoms with van der Waals surface area (Å²) in [5.74, 6) is -1.20. The Labute approximate surface area is 180 Å². The third kappa shape index (κ3) is 6.54. The molecule has 0 amide bonds. The molecule has 0 unspecified atom stereocenters. The summed E-state index contributed by atoms with van der Waals surface area (Å²) in [6.45, 7) is 3.94. The van der Waals surface area contributed by atoms with Crippen molar-refractivity contribution in [2.45, 2.75) is 33.3 Å². The van der Waals surface area contributed by atoms with Crippen molar-refractivity contribution in [2.75, 3.05) is 6.61 Å². The largest absolute Gasteiger partial charge is 0.483 e. The van der Waals surface area contributed by atoms with Gasteiger partial charge in [-0.05, 0) is 67.8 Å². The van der Waals surface area contributed by atoms with E-state index >= 15 is 0 Å². The minimum absolute atomic E-state index is 0.0267. The Kier molecular flexibility index (Phi) is 7.60. The van der Waals surface area contributed by atoms with Gasteiger partial charge in [0.05, 0.1) is 6.61 Å². The van der Waals surface area contributed by atoms with Crippen LogP contribution in [0.15, 0.2) is 60.7 Å². The molecule has 0 heterocycles. The van der Waals surface area contributed by atoms with E-state index in [-0.39, 0.29) is 26.1 Å². The lowest BCUT2D eigenvalue weighted by molar-refractivity contribution is -0.143. The number of ether oxygens (including phenoxy) is 3. The summed E-state index contributed by atoms with van der Waals surface area (Å²) in [7, 11) is 0. The molecular formula is C25H24F2O4. The maximum atomic E-state index is 14.4. The van der Waals surface area contributed by atoms with Crippen molar-refractivity contribution >= 4 is 5.97 Å². The highest BCUT2D eigenvalue weighted by Gasteiger charge is 2.14. The van der Waals surface area contributed by atoms with E-state index in [2.05, 4.69) is 0 Å². The monoisotopic (exact) mass is 426 g/mol. The molecule has 0 spiro atoms. The van der Waals surface area contributed by atoms with Gasteiger partial charge in [0.25, 0.3) is 0 Å². The summed E-state index contributed by atoms with van der Waals surface area (Å²) in [5.41, 5.74) is 2.20. The third-order valence-corrected chi connectivity index (χ3v) is 4.52. The molecule has 0 atom stereocenters. The van der Waals surface area contributed by atoms with E-state index in [9.17, 15) is 13.6 Å². The Balaban J connectivity index is 1.63. The highest BCUT2D eigenvalue weighted by atomic mass is 19.1. The van der Waals surface area contributed by atoms with Crippen LogP contribution >= 0.6 is 0 Å². The highest BCUT2D eigenvalue weighted by Crippen LogP contribution is 2.27. The van der Waals surface area contributed by atoms with E-state index in [4.69, 9.17) is 14.2 Å². The van der Waals surface area contributed by atoms with Gasteiger partial charge in [-0.3, -0.25) is 4.79 Å². The second kappa shape index (κ2) is 10.6. The molecule has 0 aliphatic rings. The van der Waals surface area contributed by atoms with E-state index in [1.54, 1.807) is 31.2 Å². The number of aryl methyl sites for hydroxylation is 2. The van der Waals surface area contributed by atoms with Crippen molar-refractivity contribution in [3.05, 3.63) is 89.0 Å². The van der Waals surface area contributed by atoms with Crippen LogP contribution in [0.4, 0.5) is 8.78 Å². The molecule has 0 aliphatic carbocycles. The van der Waals surface area contributed by atoms with Crippen LogP contribution in [0.25, 0.3) is 0 Å². The van der Waals surface area contributed by atoms with Crippen molar-refractivity contribution in [1.82, 2.24) is 0 Å². The van der Waals surface area contributed by atoms with Crippen LogP contribution in [0.1, 0.15) is 30.0 Å². The fraction of sp³-hybridized carbons (Fsp3) is 0.240. The summed E-state index contributed by atoms with van der Waals surface area (Å²) < 4.78 is 44.8. The van der Waals surface area contributed by atoms with E-state index < -0.39 is 23.4 Å². The number of carbonyl (C=O) groups is 1. The molecular weight excluding hydrogens is 402 g/mol. The smallest absolute Gasteiger partial charge is 0.306 e. The lowest BCUT2D eigenvalue weighted by Crippen LogP contribution is -2.06. The Bertz CT molecular complexity index is 1010. The summed E-state index contributed by atoms with van der Waals surface area (Å²) in [6.07, 6.45) is 0.242. The molecule has 0 radical (unpaired) electrons. The number of carbonyl (C=O) groups excluding carboxylic acids is 1. The zero-order chi connectivity index (χ0) is 22.2. The minimum atomic E-state index is -0.814. The van der Waals surface area contributed by atoms with Crippen LogP contribution < -0.4 is 9.47 Å². The van der Waals surface area contributed by atoms with E-state index in [1.165, 1.54) is 12.1 Å². The van der Waals surface area contributed by atoms with Crippen LogP contribution in [-0.4, -0.2) is 12.6 Å². The normalized spacial score (nSPS) is 10.6. The van der Waals surface area contributed by atoms with Gasteiger partial charge in [0.15, 0.2) is 17.4 Å². The topological polar surface area (TPSA) is 44.8 Å². The molecule has 0 N–H and O–H groups in total.